The lowest BCUT2D eigenvalue weighted by Gasteiger charge is -2.18. The van der Waals surface area contributed by atoms with E-state index in [1.54, 1.807) is 0 Å². The SMILES string of the molecule is CN(OC(=O)c1ccncc1)C(=O)c1cnccc1C(F)(F)F. The van der Waals surface area contributed by atoms with Crippen molar-refractivity contribution in [3.63, 3.8) is 0 Å². The van der Waals surface area contributed by atoms with Crippen molar-refractivity contribution in [1.29, 1.82) is 0 Å². The van der Waals surface area contributed by atoms with E-state index in [2.05, 4.69) is 9.97 Å². The van der Waals surface area contributed by atoms with Gasteiger partial charge in [0.15, 0.2) is 0 Å². The normalized spacial score (nSPS) is 11.0. The third kappa shape index (κ3) is 3.82. The van der Waals surface area contributed by atoms with Crippen LogP contribution in [0.1, 0.15) is 26.3 Å². The van der Waals surface area contributed by atoms with Gasteiger partial charge in [-0.25, -0.2) is 4.79 Å². The van der Waals surface area contributed by atoms with Crippen LogP contribution in [0.15, 0.2) is 43.0 Å². The Morgan fingerprint density at radius 3 is 2.30 bits per heavy atom. The molecule has 2 aromatic rings. The van der Waals surface area contributed by atoms with Crippen molar-refractivity contribution in [3.05, 3.63) is 59.7 Å². The maximum absolute atomic E-state index is 12.9. The third-order valence-corrected chi connectivity index (χ3v) is 2.78. The molecule has 120 valence electrons. The quantitative estimate of drug-likeness (QED) is 0.793. The minimum Gasteiger partial charge on any atom is -0.333 e. The highest BCUT2D eigenvalue weighted by atomic mass is 19.4. The van der Waals surface area contributed by atoms with Crippen molar-refractivity contribution >= 4 is 11.9 Å². The molecule has 0 aromatic carbocycles. The molecule has 2 rings (SSSR count). The van der Waals surface area contributed by atoms with E-state index in [0.717, 1.165) is 19.4 Å². The Hall–Kier alpha value is -2.97. The summed E-state index contributed by atoms with van der Waals surface area (Å²) < 4.78 is 38.7. The van der Waals surface area contributed by atoms with Crippen LogP contribution in [0.3, 0.4) is 0 Å². The molecule has 0 fully saturated rings. The molecule has 0 bridgehead atoms. The molecule has 0 aliphatic carbocycles. The topological polar surface area (TPSA) is 72.4 Å². The van der Waals surface area contributed by atoms with Gasteiger partial charge in [0.25, 0.3) is 5.91 Å². The molecule has 23 heavy (non-hydrogen) atoms. The van der Waals surface area contributed by atoms with E-state index < -0.39 is 29.2 Å². The van der Waals surface area contributed by atoms with Crippen LogP contribution in [0.25, 0.3) is 0 Å². The molecule has 0 spiro atoms. The Bertz CT molecular complexity index is 720. The van der Waals surface area contributed by atoms with Crippen LogP contribution in [-0.2, 0) is 11.0 Å². The average Bonchev–Trinajstić information content (AvgIpc) is 2.54. The van der Waals surface area contributed by atoms with Crippen LogP contribution in [0.4, 0.5) is 13.2 Å². The monoisotopic (exact) mass is 325 g/mol. The highest BCUT2D eigenvalue weighted by molar-refractivity contribution is 5.96. The second-order valence-corrected chi connectivity index (χ2v) is 4.34. The third-order valence-electron chi connectivity index (χ3n) is 2.78. The number of amides is 1. The van der Waals surface area contributed by atoms with Crippen LogP contribution in [0.5, 0.6) is 0 Å². The lowest BCUT2D eigenvalue weighted by Crippen LogP contribution is -2.31. The second kappa shape index (κ2) is 6.42. The summed E-state index contributed by atoms with van der Waals surface area (Å²) >= 11 is 0. The molecule has 0 radical (unpaired) electrons. The van der Waals surface area contributed by atoms with Crippen LogP contribution in [-0.4, -0.2) is 34.0 Å². The van der Waals surface area contributed by atoms with E-state index in [-0.39, 0.29) is 5.56 Å². The van der Waals surface area contributed by atoms with E-state index in [9.17, 15) is 22.8 Å². The van der Waals surface area contributed by atoms with Gasteiger partial charge >= 0.3 is 12.1 Å². The number of hydroxylamine groups is 2. The van der Waals surface area contributed by atoms with E-state index >= 15 is 0 Å². The zero-order valence-corrected chi connectivity index (χ0v) is 11.7. The predicted octanol–water partition coefficient (Wildman–Crippen LogP) is 2.34. The standard InChI is InChI=1S/C14H10F3N3O3/c1-20(23-13(22)9-2-5-18-6-3-9)12(21)10-8-19-7-4-11(10)14(15,16)17/h2-8H,1H3. The average molecular weight is 325 g/mol. The molecule has 9 heteroatoms. The highest BCUT2D eigenvalue weighted by Crippen LogP contribution is 2.31. The minimum absolute atomic E-state index is 0.0990. The summed E-state index contributed by atoms with van der Waals surface area (Å²) in [6.07, 6.45) is -0.378. The first-order valence-electron chi connectivity index (χ1n) is 6.22. The zero-order chi connectivity index (χ0) is 17.0. The smallest absolute Gasteiger partial charge is 0.333 e. The summed E-state index contributed by atoms with van der Waals surface area (Å²) in [7, 11) is 1.04. The number of hydrogen-bond acceptors (Lipinski definition) is 5. The van der Waals surface area contributed by atoms with E-state index in [0.29, 0.717) is 11.1 Å². The molecule has 0 unspecified atom stereocenters. The first-order chi connectivity index (χ1) is 10.8. The van der Waals surface area contributed by atoms with Gasteiger partial charge in [-0.1, -0.05) is 0 Å². The Morgan fingerprint density at radius 2 is 1.70 bits per heavy atom. The van der Waals surface area contributed by atoms with Gasteiger partial charge in [-0.15, -0.1) is 0 Å². The maximum Gasteiger partial charge on any atom is 0.417 e. The molecule has 0 saturated carbocycles. The number of alkyl halides is 3. The van der Waals surface area contributed by atoms with Crippen LogP contribution >= 0.6 is 0 Å². The Balaban J connectivity index is 2.20. The molecule has 0 aliphatic rings. The molecular formula is C14H10F3N3O3. The van der Waals surface area contributed by atoms with Crippen molar-refractivity contribution in [3.8, 4) is 0 Å². The molecule has 2 aromatic heterocycles. The van der Waals surface area contributed by atoms with Crippen molar-refractivity contribution < 1.29 is 27.6 Å². The van der Waals surface area contributed by atoms with Gasteiger partial charge in [-0.3, -0.25) is 14.8 Å². The largest absolute Gasteiger partial charge is 0.417 e. The first-order valence-corrected chi connectivity index (χ1v) is 6.22. The summed E-state index contributed by atoms with van der Waals surface area (Å²) in [6, 6.07) is 3.35. The van der Waals surface area contributed by atoms with Crippen molar-refractivity contribution in [2.24, 2.45) is 0 Å². The van der Waals surface area contributed by atoms with Crippen molar-refractivity contribution in [1.82, 2.24) is 15.0 Å². The van der Waals surface area contributed by atoms with Gasteiger partial charge in [0.1, 0.15) is 0 Å². The molecular weight excluding hydrogens is 315 g/mol. The molecule has 6 nitrogen and oxygen atoms in total. The number of aromatic nitrogens is 2. The number of carbonyl (C=O) groups is 2. The fraction of sp³-hybridized carbons (Fsp3) is 0.143. The van der Waals surface area contributed by atoms with Gasteiger partial charge in [0, 0.05) is 31.8 Å². The van der Waals surface area contributed by atoms with Gasteiger partial charge in [-0.2, -0.15) is 18.2 Å². The molecule has 0 N–H and O–H groups in total. The van der Waals surface area contributed by atoms with Crippen molar-refractivity contribution in [2.45, 2.75) is 6.18 Å². The summed E-state index contributed by atoms with van der Waals surface area (Å²) in [5.74, 6) is -2.05. The number of hydrogen-bond donors (Lipinski definition) is 0. The molecule has 0 aliphatic heterocycles. The number of halogens is 3. The fourth-order valence-electron chi connectivity index (χ4n) is 1.69. The minimum atomic E-state index is -4.73. The maximum atomic E-state index is 12.9. The molecule has 0 atom stereocenters. The summed E-state index contributed by atoms with van der Waals surface area (Å²) in [5, 5.41) is 0.426. The van der Waals surface area contributed by atoms with Gasteiger partial charge < -0.3 is 4.84 Å². The summed E-state index contributed by atoms with van der Waals surface area (Å²) in [5.41, 5.74) is -1.78. The molecule has 1 amide bonds. The van der Waals surface area contributed by atoms with Gasteiger partial charge in [0.05, 0.1) is 16.7 Å². The van der Waals surface area contributed by atoms with E-state index in [1.165, 1.54) is 24.5 Å². The molecule has 0 saturated heterocycles. The van der Waals surface area contributed by atoms with E-state index in [1.807, 2.05) is 0 Å². The Morgan fingerprint density at radius 1 is 1.09 bits per heavy atom. The lowest BCUT2D eigenvalue weighted by atomic mass is 10.1. The Kier molecular flexibility index (Phi) is 4.58. The van der Waals surface area contributed by atoms with Crippen LogP contribution < -0.4 is 0 Å². The van der Waals surface area contributed by atoms with E-state index in [4.69, 9.17) is 4.84 Å². The fourth-order valence-corrected chi connectivity index (χ4v) is 1.69. The predicted molar refractivity (Wildman–Crippen MR) is 71.0 cm³/mol. The number of rotatable bonds is 2. The number of pyridine rings is 2. The summed E-state index contributed by atoms with van der Waals surface area (Å²) in [4.78, 5) is 35.8. The lowest BCUT2D eigenvalue weighted by molar-refractivity contribution is -0.138. The summed E-state index contributed by atoms with van der Waals surface area (Å²) in [6.45, 7) is 0. The van der Waals surface area contributed by atoms with Gasteiger partial charge in [0.2, 0.25) is 0 Å². The molecule has 2 heterocycles. The van der Waals surface area contributed by atoms with Gasteiger partial charge in [-0.05, 0) is 18.2 Å². The Labute approximate surface area is 128 Å². The van der Waals surface area contributed by atoms with Crippen LogP contribution in [0, 0.1) is 0 Å². The zero-order valence-electron chi connectivity index (χ0n) is 11.7. The highest BCUT2D eigenvalue weighted by Gasteiger charge is 2.36. The first kappa shape index (κ1) is 16.4. The number of nitrogens with zero attached hydrogens (tertiary/aromatic N) is 3. The van der Waals surface area contributed by atoms with Crippen LogP contribution in [0.2, 0.25) is 0 Å². The second-order valence-electron chi connectivity index (χ2n) is 4.34. The van der Waals surface area contributed by atoms with Crippen molar-refractivity contribution in [2.75, 3.05) is 7.05 Å². The number of carbonyl (C=O) groups excluding carboxylic acids is 2.